The smallest absolute Gasteiger partial charge is 0.276 e. The zero-order chi connectivity index (χ0) is 12.1. The van der Waals surface area contributed by atoms with Gasteiger partial charge in [-0.05, 0) is 18.1 Å². The summed E-state index contributed by atoms with van der Waals surface area (Å²) in [6, 6.07) is 8.32. The predicted molar refractivity (Wildman–Crippen MR) is 66.5 cm³/mol. The van der Waals surface area contributed by atoms with Gasteiger partial charge in [0.1, 0.15) is 0 Å². The lowest BCUT2D eigenvalue weighted by Gasteiger charge is -2.01. The molecule has 0 fully saturated rings. The first kappa shape index (κ1) is 12.1. The summed E-state index contributed by atoms with van der Waals surface area (Å²) in [6.45, 7) is 2.89. The molecule has 1 aromatic heterocycles. The van der Waals surface area contributed by atoms with Gasteiger partial charge in [0.25, 0.3) is 5.22 Å². The Morgan fingerprint density at radius 3 is 2.88 bits per heavy atom. The van der Waals surface area contributed by atoms with Crippen molar-refractivity contribution < 1.29 is 10.2 Å². The van der Waals surface area contributed by atoms with Crippen LogP contribution in [0.3, 0.4) is 0 Å². The van der Waals surface area contributed by atoms with Gasteiger partial charge in [-0.2, -0.15) is 0 Å². The van der Waals surface area contributed by atoms with Crippen LogP contribution in [0, 0.1) is 6.92 Å². The number of hydrogen-bond donors (Lipinski definition) is 1. The van der Waals surface area contributed by atoms with Crippen molar-refractivity contribution in [3.8, 4) is 0 Å². The van der Waals surface area contributed by atoms with Crippen molar-refractivity contribution in [2.45, 2.75) is 24.3 Å². The molecule has 0 bridgehead atoms. The molecular formula is C12H16N3OS+. The second kappa shape index (κ2) is 5.84. The molecule has 0 atom stereocenters. The summed E-state index contributed by atoms with van der Waals surface area (Å²) in [5.41, 5.74) is 6.35. The Morgan fingerprint density at radius 1 is 1.29 bits per heavy atom. The average molecular weight is 250 g/mol. The standard InChI is InChI=1S/C12H15N3OS/c1-9-4-2-3-5-10(9)8-17-12-15-14-11(16-12)6-7-13/h2-5H,6-8,13H2,1H3/p+1. The van der Waals surface area contributed by atoms with Gasteiger partial charge in [-0.3, -0.25) is 0 Å². The number of thioether (sulfide) groups is 1. The quantitative estimate of drug-likeness (QED) is 0.816. The number of quaternary nitrogens is 1. The van der Waals surface area contributed by atoms with E-state index in [2.05, 4.69) is 35.0 Å². The van der Waals surface area contributed by atoms with E-state index in [1.54, 1.807) is 11.8 Å². The van der Waals surface area contributed by atoms with Crippen molar-refractivity contribution in [1.82, 2.24) is 10.2 Å². The molecule has 0 aliphatic rings. The van der Waals surface area contributed by atoms with Crippen LogP contribution in [0.5, 0.6) is 0 Å². The number of aryl methyl sites for hydroxylation is 1. The van der Waals surface area contributed by atoms with Crippen molar-refractivity contribution in [1.29, 1.82) is 0 Å². The van der Waals surface area contributed by atoms with E-state index in [-0.39, 0.29) is 0 Å². The molecule has 0 saturated heterocycles. The molecular weight excluding hydrogens is 234 g/mol. The molecule has 17 heavy (non-hydrogen) atoms. The summed E-state index contributed by atoms with van der Waals surface area (Å²) < 4.78 is 5.49. The molecule has 2 aromatic rings. The van der Waals surface area contributed by atoms with Crippen LogP contribution < -0.4 is 5.73 Å². The Bertz CT molecular complexity index is 484. The Hall–Kier alpha value is -1.33. The van der Waals surface area contributed by atoms with E-state index in [0.717, 1.165) is 18.7 Å². The largest absolute Gasteiger partial charge is 0.416 e. The predicted octanol–water partition coefficient (Wildman–Crippen LogP) is 1.45. The fourth-order valence-corrected chi connectivity index (χ4v) is 2.32. The van der Waals surface area contributed by atoms with E-state index >= 15 is 0 Å². The summed E-state index contributed by atoms with van der Waals surface area (Å²) in [7, 11) is 0. The molecule has 3 N–H and O–H groups in total. The van der Waals surface area contributed by atoms with Gasteiger partial charge in [0.2, 0.25) is 5.89 Å². The highest BCUT2D eigenvalue weighted by Crippen LogP contribution is 2.22. The molecule has 5 heteroatoms. The maximum Gasteiger partial charge on any atom is 0.276 e. The average Bonchev–Trinajstić information content (AvgIpc) is 2.76. The monoisotopic (exact) mass is 250 g/mol. The lowest BCUT2D eigenvalue weighted by atomic mass is 10.1. The van der Waals surface area contributed by atoms with Crippen LogP contribution in [0.4, 0.5) is 0 Å². The first-order valence-electron chi connectivity index (χ1n) is 5.58. The zero-order valence-electron chi connectivity index (χ0n) is 9.85. The molecule has 90 valence electrons. The molecule has 0 unspecified atom stereocenters. The fraction of sp³-hybridized carbons (Fsp3) is 0.333. The van der Waals surface area contributed by atoms with Crippen molar-refractivity contribution in [3.63, 3.8) is 0 Å². The maximum absolute atomic E-state index is 5.49. The molecule has 0 aliphatic carbocycles. The lowest BCUT2D eigenvalue weighted by Crippen LogP contribution is -2.51. The third-order valence-corrected chi connectivity index (χ3v) is 3.32. The first-order valence-corrected chi connectivity index (χ1v) is 6.57. The van der Waals surface area contributed by atoms with Gasteiger partial charge in [0.05, 0.1) is 13.0 Å². The van der Waals surface area contributed by atoms with E-state index in [1.165, 1.54) is 11.1 Å². The van der Waals surface area contributed by atoms with E-state index in [4.69, 9.17) is 4.42 Å². The van der Waals surface area contributed by atoms with Gasteiger partial charge >= 0.3 is 0 Å². The SMILES string of the molecule is Cc1ccccc1CSc1nnc(CC[NH3+])o1. The lowest BCUT2D eigenvalue weighted by molar-refractivity contribution is -0.367. The van der Waals surface area contributed by atoms with Crippen molar-refractivity contribution in [2.75, 3.05) is 6.54 Å². The topological polar surface area (TPSA) is 66.6 Å². The zero-order valence-corrected chi connectivity index (χ0v) is 10.7. The molecule has 0 spiro atoms. The minimum absolute atomic E-state index is 0.636. The minimum Gasteiger partial charge on any atom is -0.416 e. The van der Waals surface area contributed by atoms with Crippen molar-refractivity contribution in [3.05, 3.63) is 41.3 Å². The van der Waals surface area contributed by atoms with E-state index in [0.29, 0.717) is 11.1 Å². The Balaban J connectivity index is 1.95. The van der Waals surface area contributed by atoms with Gasteiger partial charge < -0.3 is 10.2 Å². The van der Waals surface area contributed by atoms with E-state index in [9.17, 15) is 0 Å². The second-order valence-corrected chi connectivity index (χ2v) is 4.71. The summed E-state index contributed by atoms with van der Waals surface area (Å²) in [5.74, 6) is 1.53. The highest BCUT2D eigenvalue weighted by Gasteiger charge is 2.07. The van der Waals surface area contributed by atoms with Gasteiger partial charge in [0.15, 0.2) is 0 Å². The summed E-state index contributed by atoms with van der Waals surface area (Å²) >= 11 is 1.57. The number of rotatable bonds is 5. The highest BCUT2D eigenvalue weighted by atomic mass is 32.2. The van der Waals surface area contributed by atoms with Crippen LogP contribution in [0.1, 0.15) is 17.0 Å². The molecule has 0 radical (unpaired) electrons. The summed E-state index contributed by atoms with van der Waals surface area (Å²) in [6.07, 6.45) is 0.748. The summed E-state index contributed by atoms with van der Waals surface area (Å²) in [5, 5.41) is 8.60. The Morgan fingerprint density at radius 2 is 2.12 bits per heavy atom. The fourth-order valence-electron chi connectivity index (χ4n) is 1.46. The number of nitrogens with zero attached hydrogens (tertiary/aromatic N) is 2. The second-order valence-electron chi connectivity index (χ2n) is 3.78. The normalized spacial score (nSPS) is 10.7. The minimum atomic E-state index is 0.636. The Labute approximate surface area is 105 Å². The van der Waals surface area contributed by atoms with Gasteiger partial charge in [-0.1, -0.05) is 36.0 Å². The summed E-state index contributed by atoms with van der Waals surface area (Å²) in [4.78, 5) is 0. The van der Waals surface area contributed by atoms with Gasteiger partial charge in [-0.25, -0.2) is 0 Å². The van der Waals surface area contributed by atoms with Crippen LogP contribution in [0.2, 0.25) is 0 Å². The van der Waals surface area contributed by atoms with Crippen LogP contribution in [0.25, 0.3) is 0 Å². The van der Waals surface area contributed by atoms with Crippen LogP contribution in [0.15, 0.2) is 33.9 Å². The molecule has 4 nitrogen and oxygen atoms in total. The van der Waals surface area contributed by atoms with Crippen LogP contribution in [-0.4, -0.2) is 16.7 Å². The van der Waals surface area contributed by atoms with Crippen molar-refractivity contribution >= 4 is 11.8 Å². The number of hydrogen-bond acceptors (Lipinski definition) is 4. The van der Waals surface area contributed by atoms with Crippen molar-refractivity contribution in [2.24, 2.45) is 0 Å². The van der Waals surface area contributed by atoms with E-state index < -0.39 is 0 Å². The molecule has 0 saturated carbocycles. The maximum atomic E-state index is 5.49. The first-order chi connectivity index (χ1) is 8.29. The molecule has 1 heterocycles. The Kier molecular flexibility index (Phi) is 4.17. The van der Waals surface area contributed by atoms with Gasteiger partial charge in [0, 0.05) is 5.75 Å². The molecule has 0 aliphatic heterocycles. The number of benzene rings is 1. The van der Waals surface area contributed by atoms with E-state index in [1.807, 2.05) is 12.1 Å². The van der Waals surface area contributed by atoms with Gasteiger partial charge in [-0.15, -0.1) is 10.2 Å². The van der Waals surface area contributed by atoms with Crippen LogP contribution >= 0.6 is 11.8 Å². The number of aromatic nitrogens is 2. The highest BCUT2D eigenvalue weighted by molar-refractivity contribution is 7.98. The third kappa shape index (κ3) is 3.31. The molecule has 1 aromatic carbocycles. The molecule has 2 rings (SSSR count). The molecule has 0 amide bonds. The third-order valence-electron chi connectivity index (χ3n) is 2.45. The van der Waals surface area contributed by atoms with Crippen LogP contribution in [-0.2, 0) is 12.2 Å².